The zero-order valence-corrected chi connectivity index (χ0v) is 11.9. The van der Waals surface area contributed by atoms with E-state index in [2.05, 4.69) is 69.7 Å². The molecule has 2 rings (SSSR count). The van der Waals surface area contributed by atoms with Crippen LogP contribution in [0.3, 0.4) is 0 Å². The van der Waals surface area contributed by atoms with Crippen molar-refractivity contribution >= 4 is 15.9 Å². The van der Waals surface area contributed by atoms with Gasteiger partial charge in [-0.3, -0.25) is 0 Å². The molecule has 17 heavy (non-hydrogen) atoms. The monoisotopic (exact) mass is 293 g/mol. The average molecular weight is 294 g/mol. The van der Waals surface area contributed by atoms with E-state index in [1.807, 2.05) is 0 Å². The summed E-state index contributed by atoms with van der Waals surface area (Å²) >= 11 is 3.52. The summed E-state index contributed by atoms with van der Waals surface area (Å²) in [5.41, 5.74) is 2.32. The number of hydrogen-bond acceptors (Lipinski definition) is 2. The van der Waals surface area contributed by atoms with Gasteiger partial charge in [-0.1, -0.05) is 29.8 Å². The Balaban J connectivity index is 2.42. The van der Waals surface area contributed by atoms with Gasteiger partial charge in [0.05, 0.1) is 0 Å². The van der Waals surface area contributed by atoms with E-state index < -0.39 is 0 Å². The molecule has 0 spiro atoms. The molecule has 1 aromatic carbocycles. The number of rotatable bonds is 3. The minimum absolute atomic E-state index is 0.581. The molecule has 0 N–H and O–H groups in total. The Labute approximate surface area is 110 Å². The van der Waals surface area contributed by atoms with E-state index >= 15 is 0 Å². The predicted molar refractivity (Wildman–Crippen MR) is 72.7 cm³/mol. The van der Waals surface area contributed by atoms with Crippen LogP contribution in [0.2, 0.25) is 0 Å². The lowest BCUT2D eigenvalue weighted by Crippen LogP contribution is -2.05. The molecule has 0 fully saturated rings. The Kier molecular flexibility index (Phi) is 3.62. The Morgan fingerprint density at radius 1 is 1.29 bits per heavy atom. The minimum Gasteiger partial charge on any atom is -0.313 e. The number of nitrogens with zero attached hydrogens (tertiary/aromatic N) is 3. The second kappa shape index (κ2) is 5.00. The second-order valence-corrected chi connectivity index (χ2v) is 5.63. The normalized spacial score (nSPS) is 11.1. The highest BCUT2D eigenvalue weighted by Crippen LogP contribution is 2.23. The lowest BCUT2D eigenvalue weighted by molar-refractivity contribution is 0.525. The van der Waals surface area contributed by atoms with Crippen molar-refractivity contribution in [1.29, 1.82) is 0 Å². The van der Waals surface area contributed by atoms with E-state index in [0.29, 0.717) is 5.92 Å². The van der Waals surface area contributed by atoms with Gasteiger partial charge in [0.1, 0.15) is 6.33 Å². The third kappa shape index (κ3) is 2.94. The van der Waals surface area contributed by atoms with E-state index in [1.165, 1.54) is 5.56 Å². The van der Waals surface area contributed by atoms with Crippen LogP contribution in [-0.2, 0) is 6.54 Å². The van der Waals surface area contributed by atoms with Crippen molar-refractivity contribution in [1.82, 2.24) is 14.8 Å². The van der Waals surface area contributed by atoms with Crippen molar-refractivity contribution in [3.05, 3.63) is 34.6 Å². The minimum atomic E-state index is 0.581. The van der Waals surface area contributed by atoms with Crippen LogP contribution >= 0.6 is 15.9 Å². The quantitative estimate of drug-likeness (QED) is 0.864. The molecule has 4 heteroatoms. The summed E-state index contributed by atoms with van der Waals surface area (Å²) < 4.78 is 3.18. The number of hydrogen-bond donors (Lipinski definition) is 0. The summed E-state index contributed by atoms with van der Waals surface area (Å²) in [5, 5.41) is 8.22. The Morgan fingerprint density at radius 2 is 2.06 bits per heavy atom. The molecule has 0 amide bonds. The van der Waals surface area contributed by atoms with Crippen molar-refractivity contribution < 1.29 is 0 Å². The Bertz CT molecular complexity index is 497. The van der Waals surface area contributed by atoms with Gasteiger partial charge >= 0.3 is 0 Å². The van der Waals surface area contributed by atoms with Crippen LogP contribution in [0.25, 0.3) is 11.4 Å². The fourth-order valence-corrected chi connectivity index (χ4v) is 2.48. The summed E-state index contributed by atoms with van der Waals surface area (Å²) in [7, 11) is 0. The van der Waals surface area contributed by atoms with Gasteiger partial charge in [0.15, 0.2) is 5.82 Å². The summed E-state index contributed by atoms with van der Waals surface area (Å²) in [6.07, 6.45) is 1.80. The highest BCUT2D eigenvalue weighted by Gasteiger charge is 2.09. The van der Waals surface area contributed by atoms with Gasteiger partial charge < -0.3 is 4.57 Å². The molecule has 0 bridgehead atoms. The molecule has 0 saturated carbocycles. The van der Waals surface area contributed by atoms with Gasteiger partial charge in [-0.05, 0) is 36.6 Å². The third-order valence-electron chi connectivity index (χ3n) is 2.48. The smallest absolute Gasteiger partial charge is 0.163 e. The highest BCUT2D eigenvalue weighted by atomic mass is 79.9. The largest absolute Gasteiger partial charge is 0.313 e. The first kappa shape index (κ1) is 12.3. The maximum Gasteiger partial charge on any atom is 0.163 e. The number of benzene rings is 1. The first-order chi connectivity index (χ1) is 8.06. The van der Waals surface area contributed by atoms with Crippen LogP contribution < -0.4 is 0 Å². The molecule has 0 unspecified atom stereocenters. The molecule has 0 saturated heterocycles. The average Bonchev–Trinajstić information content (AvgIpc) is 2.63. The van der Waals surface area contributed by atoms with Crippen LogP contribution in [0, 0.1) is 12.8 Å². The van der Waals surface area contributed by atoms with Crippen LogP contribution in [0.15, 0.2) is 29.0 Å². The predicted octanol–water partition coefficient (Wildman–Crippen LogP) is 3.67. The lowest BCUT2D eigenvalue weighted by Gasteiger charge is -2.09. The first-order valence-electron chi connectivity index (χ1n) is 5.71. The Hall–Kier alpha value is -1.16. The Morgan fingerprint density at radius 3 is 2.71 bits per heavy atom. The van der Waals surface area contributed by atoms with E-state index in [4.69, 9.17) is 0 Å². The van der Waals surface area contributed by atoms with Crippen LogP contribution in [0.4, 0.5) is 0 Å². The number of aryl methyl sites for hydroxylation is 1. The number of aromatic nitrogens is 3. The standard InChI is InChI=1S/C13H16BrN3/c1-9(2)7-17-8-15-16-13(17)11-4-10(3)5-12(14)6-11/h4-6,8-9H,7H2,1-3H3. The van der Waals surface area contributed by atoms with E-state index in [-0.39, 0.29) is 0 Å². The van der Waals surface area contributed by atoms with Crippen LogP contribution in [0.1, 0.15) is 19.4 Å². The summed E-state index contributed by atoms with van der Waals surface area (Å²) in [5.74, 6) is 1.51. The molecular formula is C13H16BrN3. The topological polar surface area (TPSA) is 30.7 Å². The molecule has 0 radical (unpaired) electrons. The van der Waals surface area contributed by atoms with Crippen molar-refractivity contribution in [3.63, 3.8) is 0 Å². The maximum atomic E-state index is 4.21. The molecule has 2 aromatic rings. The zero-order chi connectivity index (χ0) is 12.4. The van der Waals surface area contributed by atoms with E-state index in [0.717, 1.165) is 22.4 Å². The summed E-state index contributed by atoms with van der Waals surface area (Å²) in [6.45, 7) is 7.40. The second-order valence-electron chi connectivity index (χ2n) is 4.72. The maximum absolute atomic E-state index is 4.21. The molecule has 90 valence electrons. The van der Waals surface area contributed by atoms with Gasteiger partial charge in [-0.25, -0.2) is 0 Å². The number of halogens is 1. The molecule has 1 aromatic heterocycles. The molecular weight excluding hydrogens is 278 g/mol. The van der Waals surface area contributed by atoms with Gasteiger partial charge in [0, 0.05) is 16.6 Å². The molecule has 0 atom stereocenters. The van der Waals surface area contributed by atoms with Crippen molar-refractivity contribution in [3.8, 4) is 11.4 Å². The zero-order valence-electron chi connectivity index (χ0n) is 10.3. The summed E-state index contributed by atoms with van der Waals surface area (Å²) in [4.78, 5) is 0. The van der Waals surface area contributed by atoms with E-state index in [9.17, 15) is 0 Å². The first-order valence-corrected chi connectivity index (χ1v) is 6.51. The van der Waals surface area contributed by atoms with Gasteiger partial charge in [-0.2, -0.15) is 0 Å². The molecule has 1 heterocycles. The molecule has 3 nitrogen and oxygen atoms in total. The molecule has 0 aliphatic carbocycles. The van der Waals surface area contributed by atoms with Crippen molar-refractivity contribution in [2.45, 2.75) is 27.3 Å². The summed E-state index contributed by atoms with van der Waals surface area (Å²) in [6, 6.07) is 6.30. The fourth-order valence-electron chi connectivity index (χ4n) is 1.87. The highest BCUT2D eigenvalue weighted by molar-refractivity contribution is 9.10. The lowest BCUT2D eigenvalue weighted by atomic mass is 10.1. The SMILES string of the molecule is Cc1cc(Br)cc(-c2nncn2CC(C)C)c1. The van der Waals surface area contributed by atoms with Gasteiger partial charge in [0.25, 0.3) is 0 Å². The molecule has 0 aliphatic rings. The van der Waals surface area contributed by atoms with Crippen molar-refractivity contribution in [2.75, 3.05) is 0 Å². The van der Waals surface area contributed by atoms with E-state index in [1.54, 1.807) is 6.33 Å². The van der Waals surface area contributed by atoms with Crippen LogP contribution in [0.5, 0.6) is 0 Å². The van der Waals surface area contributed by atoms with Gasteiger partial charge in [0.2, 0.25) is 0 Å². The van der Waals surface area contributed by atoms with Crippen molar-refractivity contribution in [2.24, 2.45) is 5.92 Å². The molecule has 0 aliphatic heterocycles. The van der Waals surface area contributed by atoms with Gasteiger partial charge in [-0.15, -0.1) is 10.2 Å². The third-order valence-corrected chi connectivity index (χ3v) is 2.94. The van der Waals surface area contributed by atoms with Crippen LogP contribution in [-0.4, -0.2) is 14.8 Å². The fraction of sp³-hybridized carbons (Fsp3) is 0.385.